The van der Waals surface area contributed by atoms with Gasteiger partial charge in [-0.15, -0.1) is 0 Å². The van der Waals surface area contributed by atoms with Crippen LogP contribution in [0.2, 0.25) is 0 Å². The molecule has 1 heterocycles. The standard InChI is InChI=1S/C24H25N3O3S/c28-24(19-9-13-22(14-10-19)27-17-5-2-6-18-27)25-20-11-15-23(16-12-20)31(29,30)26-21-7-3-1-4-8-21/h1,3-4,7-16,26H,2,5-6,17-18H2,(H,25,28). The number of amides is 1. The molecule has 0 radical (unpaired) electrons. The first-order valence-corrected chi connectivity index (χ1v) is 11.8. The number of hydrogen-bond donors (Lipinski definition) is 2. The second kappa shape index (κ2) is 9.22. The highest BCUT2D eigenvalue weighted by Gasteiger charge is 2.15. The SMILES string of the molecule is O=C(Nc1ccc(S(=O)(=O)Nc2ccccc2)cc1)c1ccc(N2CCCCC2)cc1. The number of anilines is 3. The summed E-state index contributed by atoms with van der Waals surface area (Å²) >= 11 is 0. The van der Waals surface area contributed by atoms with E-state index in [0.29, 0.717) is 16.9 Å². The Bertz CT molecular complexity index is 1120. The zero-order valence-electron chi connectivity index (χ0n) is 17.1. The van der Waals surface area contributed by atoms with Gasteiger partial charge in [0, 0.05) is 35.7 Å². The minimum Gasteiger partial charge on any atom is -0.372 e. The lowest BCUT2D eigenvalue weighted by molar-refractivity contribution is 0.102. The number of nitrogens with one attached hydrogen (secondary N) is 2. The number of benzene rings is 3. The van der Waals surface area contributed by atoms with Crippen LogP contribution in [0.3, 0.4) is 0 Å². The van der Waals surface area contributed by atoms with Crippen LogP contribution < -0.4 is 14.9 Å². The Morgan fingerprint density at radius 2 is 1.39 bits per heavy atom. The van der Waals surface area contributed by atoms with Gasteiger partial charge in [-0.2, -0.15) is 0 Å². The Morgan fingerprint density at radius 1 is 0.742 bits per heavy atom. The minimum atomic E-state index is -3.69. The average molecular weight is 436 g/mol. The minimum absolute atomic E-state index is 0.125. The Kier molecular flexibility index (Phi) is 6.23. The van der Waals surface area contributed by atoms with Gasteiger partial charge >= 0.3 is 0 Å². The van der Waals surface area contributed by atoms with E-state index in [1.165, 1.54) is 31.4 Å². The Labute approximate surface area is 183 Å². The molecule has 0 bridgehead atoms. The molecule has 7 heteroatoms. The van der Waals surface area contributed by atoms with Crippen LogP contribution in [0.4, 0.5) is 17.1 Å². The molecule has 0 atom stereocenters. The second-order valence-electron chi connectivity index (χ2n) is 7.54. The molecular weight excluding hydrogens is 410 g/mol. The van der Waals surface area contributed by atoms with Crippen LogP contribution in [-0.2, 0) is 10.0 Å². The van der Waals surface area contributed by atoms with Crippen molar-refractivity contribution in [2.75, 3.05) is 28.0 Å². The van der Waals surface area contributed by atoms with Gasteiger partial charge in [-0.25, -0.2) is 8.42 Å². The first kappa shape index (κ1) is 20.9. The highest BCUT2D eigenvalue weighted by atomic mass is 32.2. The van der Waals surface area contributed by atoms with E-state index in [4.69, 9.17) is 0 Å². The number of nitrogens with zero attached hydrogens (tertiary/aromatic N) is 1. The molecule has 3 aromatic rings. The van der Waals surface area contributed by atoms with Gasteiger partial charge < -0.3 is 10.2 Å². The van der Waals surface area contributed by atoms with E-state index in [2.05, 4.69) is 14.9 Å². The van der Waals surface area contributed by atoms with Crippen molar-refractivity contribution in [1.82, 2.24) is 0 Å². The van der Waals surface area contributed by atoms with Crippen molar-refractivity contribution in [3.8, 4) is 0 Å². The first-order valence-electron chi connectivity index (χ1n) is 10.4. The fraction of sp³-hybridized carbons (Fsp3) is 0.208. The predicted molar refractivity (Wildman–Crippen MR) is 124 cm³/mol. The van der Waals surface area contributed by atoms with Crippen LogP contribution in [-0.4, -0.2) is 27.4 Å². The molecule has 0 aliphatic carbocycles. The van der Waals surface area contributed by atoms with Crippen LogP contribution in [0.1, 0.15) is 29.6 Å². The molecule has 1 aliphatic heterocycles. The molecule has 2 N–H and O–H groups in total. The van der Waals surface area contributed by atoms with Gasteiger partial charge in [-0.1, -0.05) is 18.2 Å². The Morgan fingerprint density at radius 3 is 2.03 bits per heavy atom. The number of carbonyl (C=O) groups is 1. The number of rotatable bonds is 6. The molecule has 160 valence electrons. The average Bonchev–Trinajstić information content (AvgIpc) is 2.80. The zero-order valence-corrected chi connectivity index (χ0v) is 17.9. The lowest BCUT2D eigenvalue weighted by atomic mass is 10.1. The zero-order chi connectivity index (χ0) is 21.7. The van der Waals surface area contributed by atoms with Crippen molar-refractivity contribution < 1.29 is 13.2 Å². The largest absolute Gasteiger partial charge is 0.372 e. The fourth-order valence-electron chi connectivity index (χ4n) is 3.62. The van der Waals surface area contributed by atoms with Gasteiger partial charge in [0.15, 0.2) is 0 Å². The van der Waals surface area contributed by atoms with E-state index in [0.717, 1.165) is 18.8 Å². The van der Waals surface area contributed by atoms with Crippen LogP contribution in [0.25, 0.3) is 0 Å². The molecular formula is C24H25N3O3S. The molecule has 6 nitrogen and oxygen atoms in total. The van der Waals surface area contributed by atoms with Crippen molar-refractivity contribution in [2.24, 2.45) is 0 Å². The summed E-state index contributed by atoms with van der Waals surface area (Å²) in [6, 6.07) is 22.4. The predicted octanol–water partition coefficient (Wildman–Crippen LogP) is 4.73. The molecule has 3 aromatic carbocycles. The van der Waals surface area contributed by atoms with E-state index in [1.54, 1.807) is 36.4 Å². The van der Waals surface area contributed by atoms with Gasteiger partial charge in [-0.3, -0.25) is 9.52 Å². The van der Waals surface area contributed by atoms with Crippen LogP contribution >= 0.6 is 0 Å². The summed E-state index contributed by atoms with van der Waals surface area (Å²) in [5.41, 5.74) is 2.72. The molecule has 1 amide bonds. The third-order valence-corrected chi connectivity index (χ3v) is 6.70. The van der Waals surface area contributed by atoms with Gasteiger partial charge in [0.1, 0.15) is 0 Å². The molecule has 1 aliphatic rings. The first-order chi connectivity index (χ1) is 15.0. The van der Waals surface area contributed by atoms with E-state index in [9.17, 15) is 13.2 Å². The summed E-state index contributed by atoms with van der Waals surface area (Å²) in [4.78, 5) is 15.0. The van der Waals surface area contributed by atoms with Crippen LogP contribution in [0.15, 0.2) is 83.8 Å². The summed E-state index contributed by atoms with van der Waals surface area (Å²) in [5.74, 6) is -0.233. The Hall–Kier alpha value is -3.32. The third kappa shape index (κ3) is 5.24. The van der Waals surface area contributed by atoms with E-state index in [1.807, 2.05) is 30.3 Å². The molecule has 31 heavy (non-hydrogen) atoms. The molecule has 1 fully saturated rings. The van der Waals surface area contributed by atoms with Crippen molar-refractivity contribution in [1.29, 1.82) is 0 Å². The quantitative estimate of drug-likeness (QED) is 0.587. The van der Waals surface area contributed by atoms with Crippen LogP contribution in [0.5, 0.6) is 0 Å². The van der Waals surface area contributed by atoms with Crippen molar-refractivity contribution in [2.45, 2.75) is 24.2 Å². The number of hydrogen-bond acceptors (Lipinski definition) is 4. The van der Waals surface area contributed by atoms with E-state index in [-0.39, 0.29) is 10.8 Å². The summed E-state index contributed by atoms with van der Waals surface area (Å²) in [6.07, 6.45) is 3.68. The van der Waals surface area contributed by atoms with Crippen LogP contribution in [0, 0.1) is 0 Å². The maximum atomic E-state index is 12.6. The van der Waals surface area contributed by atoms with Gasteiger partial charge in [0.05, 0.1) is 4.90 Å². The highest BCUT2D eigenvalue weighted by molar-refractivity contribution is 7.92. The molecule has 0 unspecified atom stereocenters. The molecule has 0 saturated carbocycles. The lowest BCUT2D eigenvalue weighted by Crippen LogP contribution is -2.29. The van der Waals surface area contributed by atoms with E-state index < -0.39 is 10.0 Å². The van der Waals surface area contributed by atoms with E-state index >= 15 is 0 Å². The van der Waals surface area contributed by atoms with Crippen molar-refractivity contribution >= 4 is 33.0 Å². The Balaban J connectivity index is 1.39. The molecule has 0 spiro atoms. The van der Waals surface area contributed by atoms with Gasteiger partial charge in [0.2, 0.25) is 0 Å². The summed E-state index contributed by atoms with van der Waals surface area (Å²) in [6.45, 7) is 2.11. The third-order valence-electron chi connectivity index (χ3n) is 5.30. The number of piperidine rings is 1. The van der Waals surface area contributed by atoms with Crippen molar-refractivity contribution in [3.63, 3.8) is 0 Å². The number of carbonyl (C=O) groups excluding carboxylic acids is 1. The van der Waals surface area contributed by atoms with Gasteiger partial charge in [0.25, 0.3) is 15.9 Å². The summed E-state index contributed by atoms with van der Waals surface area (Å²) < 4.78 is 27.6. The molecule has 1 saturated heterocycles. The molecule has 4 rings (SSSR count). The number of sulfonamides is 1. The summed E-state index contributed by atoms with van der Waals surface area (Å²) in [7, 11) is -3.69. The monoisotopic (exact) mass is 435 g/mol. The van der Waals surface area contributed by atoms with Gasteiger partial charge in [-0.05, 0) is 79.9 Å². The topological polar surface area (TPSA) is 78.5 Å². The fourth-order valence-corrected chi connectivity index (χ4v) is 4.68. The maximum Gasteiger partial charge on any atom is 0.261 e. The van der Waals surface area contributed by atoms with Crippen molar-refractivity contribution in [3.05, 3.63) is 84.4 Å². The normalized spacial score (nSPS) is 14.1. The molecule has 0 aromatic heterocycles. The lowest BCUT2D eigenvalue weighted by Gasteiger charge is -2.28. The maximum absolute atomic E-state index is 12.6. The smallest absolute Gasteiger partial charge is 0.261 e. The second-order valence-corrected chi connectivity index (χ2v) is 9.23. The number of para-hydroxylation sites is 1. The summed E-state index contributed by atoms with van der Waals surface area (Å²) in [5, 5.41) is 2.82. The highest BCUT2D eigenvalue weighted by Crippen LogP contribution is 2.22.